The summed E-state index contributed by atoms with van der Waals surface area (Å²) in [5.41, 5.74) is 7.06. The first-order valence-electron chi connectivity index (χ1n) is 6.64. The minimum Gasteiger partial charge on any atom is -0.383 e. The fourth-order valence-corrected chi connectivity index (χ4v) is 3.44. The molecule has 1 aliphatic heterocycles. The molecule has 0 amide bonds. The lowest BCUT2D eigenvalue weighted by Gasteiger charge is -2.21. The van der Waals surface area contributed by atoms with Gasteiger partial charge in [-0.1, -0.05) is 13.3 Å². The van der Waals surface area contributed by atoms with Gasteiger partial charge in [0, 0.05) is 18.7 Å². The summed E-state index contributed by atoms with van der Waals surface area (Å²) < 4.78 is 0. The number of fused-ring (bicyclic) bond motifs is 1. The molecule has 1 saturated carbocycles. The van der Waals surface area contributed by atoms with E-state index in [-0.39, 0.29) is 0 Å². The van der Waals surface area contributed by atoms with E-state index in [1.807, 2.05) is 0 Å². The molecule has 2 fully saturated rings. The Balaban J connectivity index is 1.88. The number of anilines is 2. The zero-order valence-corrected chi connectivity index (χ0v) is 10.4. The van der Waals surface area contributed by atoms with E-state index in [9.17, 15) is 0 Å². The second-order valence-electron chi connectivity index (χ2n) is 5.27. The standard InChI is InChI=1S/C13H20N4/c1-2-11-12(14)15-8-16-13(11)17-6-9-4-3-5-10(9)7-17/h8-10H,2-7H2,1H3,(H2,14,15,16). The highest BCUT2D eigenvalue weighted by Crippen LogP contribution is 2.40. The maximum absolute atomic E-state index is 5.94. The second-order valence-corrected chi connectivity index (χ2v) is 5.27. The molecule has 2 aliphatic rings. The molecule has 0 radical (unpaired) electrons. The lowest BCUT2D eigenvalue weighted by atomic mass is 10.0. The molecule has 92 valence electrons. The van der Waals surface area contributed by atoms with Crippen molar-refractivity contribution in [3.8, 4) is 0 Å². The highest BCUT2D eigenvalue weighted by Gasteiger charge is 2.37. The first kappa shape index (κ1) is 10.8. The Bertz CT molecular complexity index is 406. The van der Waals surface area contributed by atoms with Gasteiger partial charge in [0.15, 0.2) is 0 Å². The van der Waals surface area contributed by atoms with Crippen LogP contribution >= 0.6 is 0 Å². The summed E-state index contributed by atoms with van der Waals surface area (Å²) in [7, 11) is 0. The molecule has 0 aromatic carbocycles. The zero-order chi connectivity index (χ0) is 11.8. The van der Waals surface area contributed by atoms with Crippen LogP contribution in [0.25, 0.3) is 0 Å². The summed E-state index contributed by atoms with van der Waals surface area (Å²) in [5.74, 6) is 3.50. The SMILES string of the molecule is CCc1c(N)ncnc1N1CC2CCCC2C1. The summed E-state index contributed by atoms with van der Waals surface area (Å²) in [6, 6.07) is 0. The lowest BCUT2D eigenvalue weighted by Crippen LogP contribution is -2.24. The number of aromatic nitrogens is 2. The van der Waals surface area contributed by atoms with Gasteiger partial charge in [-0.2, -0.15) is 0 Å². The van der Waals surface area contributed by atoms with Gasteiger partial charge in [0.05, 0.1) is 0 Å². The highest BCUT2D eigenvalue weighted by atomic mass is 15.2. The fourth-order valence-electron chi connectivity index (χ4n) is 3.44. The van der Waals surface area contributed by atoms with Gasteiger partial charge in [-0.3, -0.25) is 0 Å². The maximum Gasteiger partial charge on any atom is 0.137 e. The molecule has 17 heavy (non-hydrogen) atoms. The molecule has 3 rings (SSSR count). The van der Waals surface area contributed by atoms with Crippen LogP contribution < -0.4 is 10.6 Å². The summed E-state index contributed by atoms with van der Waals surface area (Å²) in [6.45, 7) is 4.44. The molecule has 2 unspecified atom stereocenters. The monoisotopic (exact) mass is 232 g/mol. The normalized spacial score (nSPS) is 27.5. The first-order chi connectivity index (χ1) is 8.29. The Morgan fingerprint density at radius 2 is 2.00 bits per heavy atom. The molecule has 4 nitrogen and oxygen atoms in total. The lowest BCUT2D eigenvalue weighted by molar-refractivity contribution is 0.494. The highest BCUT2D eigenvalue weighted by molar-refractivity contribution is 5.57. The van der Waals surface area contributed by atoms with Crippen molar-refractivity contribution in [3.63, 3.8) is 0 Å². The van der Waals surface area contributed by atoms with Crippen LogP contribution in [0.3, 0.4) is 0 Å². The molecule has 1 aromatic heterocycles. The van der Waals surface area contributed by atoms with Gasteiger partial charge in [-0.05, 0) is 31.1 Å². The molecule has 1 aliphatic carbocycles. The Morgan fingerprint density at radius 3 is 2.65 bits per heavy atom. The molecular weight excluding hydrogens is 212 g/mol. The van der Waals surface area contributed by atoms with Crippen molar-refractivity contribution in [1.29, 1.82) is 0 Å². The van der Waals surface area contributed by atoms with Crippen LogP contribution in [0.15, 0.2) is 6.33 Å². The Labute approximate surface area is 102 Å². The minimum absolute atomic E-state index is 0.648. The third-order valence-electron chi connectivity index (χ3n) is 4.34. The number of nitrogens with two attached hydrogens (primary N) is 1. The quantitative estimate of drug-likeness (QED) is 0.845. The summed E-state index contributed by atoms with van der Waals surface area (Å²) in [5, 5.41) is 0. The molecular formula is C13H20N4. The van der Waals surface area contributed by atoms with Crippen LogP contribution in [0.1, 0.15) is 31.7 Å². The van der Waals surface area contributed by atoms with Gasteiger partial charge in [-0.25, -0.2) is 9.97 Å². The molecule has 1 aromatic rings. The predicted octanol–water partition coefficient (Wildman–Crippen LogP) is 1.86. The van der Waals surface area contributed by atoms with Gasteiger partial charge >= 0.3 is 0 Å². The van der Waals surface area contributed by atoms with Crippen LogP contribution in [0.5, 0.6) is 0 Å². The maximum atomic E-state index is 5.94. The fraction of sp³-hybridized carbons (Fsp3) is 0.692. The Kier molecular flexibility index (Phi) is 2.65. The van der Waals surface area contributed by atoms with Crippen molar-refractivity contribution in [2.45, 2.75) is 32.6 Å². The third-order valence-corrected chi connectivity index (χ3v) is 4.34. The topological polar surface area (TPSA) is 55.0 Å². The van der Waals surface area contributed by atoms with Crippen LogP contribution in [0.4, 0.5) is 11.6 Å². The van der Waals surface area contributed by atoms with Gasteiger partial charge in [0.2, 0.25) is 0 Å². The molecule has 2 heterocycles. The molecule has 1 saturated heterocycles. The van der Waals surface area contributed by atoms with Crippen LogP contribution in [-0.4, -0.2) is 23.1 Å². The van der Waals surface area contributed by atoms with Crippen molar-refractivity contribution in [1.82, 2.24) is 9.97 Å². The number of rotatable bonds is 2. The zero-order valence-electron chi connectivity index (χ0n) is 10.4. The van der Waals surface area contributed by atoms with E-state index in [0.29, 0.717) is 5.82 Å². The van der Waals surface area contributed by atoms with E-state index >= 15 is 0 Å². The van der Waals surface area contributed by atoms with E-state index < -0.39 is 0 Å². The Hall–Kier alpha value is -1.32. The summed E-state index contributed by atoms with van der Waals surface area (Å²) in [6.07, 6.45) is 6.70. The largest absolute Gasteiger partial charge is 0.383 e. The van der Waals surface area contributed by atoms with E-state index in [2.05, 4.69) is 21.8 Å². The van der Waals surface area contributed by atoms with Gasteiger partial charge in [0.25, 0.3) is 0 Å². The third kappa shape index (κ3) is 1.75. The number of nitrogens with zero attached hydrogens (tertiary/aromatic N) is 3. The molecule has 2 atom stereocenters. The summed E-state index contributed by atoms with van der Waals surface area (Å²) >= 11 is 0. The van der Waals surface area contributed by atoms with Crippen molar-refractivity contribution in [2.24, 2.45) is 11.8 Å². The van der Waals surface area contributed by atoms with Crippen LogP contribution in [-0.2, 0) is 6.42 Å². The van der Waals surface area contributed by atoms with Gasteiger partial charge < -0.3 is 10.6 Å². The number of hydrogen-bond donors (Lipinski definition) is 1. The van der Waals surface area contributed by atoms with Crippen molar-refractivity contribution in [2.75, 3.05) is 23.7 Å². The molecule has 0 spiro atoms. The van der Waals surface area contributed by atoms with Crippen molar-refractivity contribution >= 4 is 11.6 Å². The van der Waals surface area contributed by atoms with E-state index in [0.717, 1.165) is 42.7 Å². The number of hydrogen-bond acceptors (Lipinski definition) is 4. The van der Waals surface area contributed by atoms with Crippen LogP contribution in [0.2, 0.25) is 0 Å². The summed E-state index contributed by atoms with van der Waals surface area (Å²) in [4.78, 5) is 11.0. The average Bonchev–Trinajstić information content (AvgIpc) is 2.88. The van der Waals surface area contributed by atoms with Crippen LogP contribution in [0, 0.1) is 11.8 Å². The Morgan fingerprint density at radius 1 is 1.29 bits per heavy atom. The number of nitrogen functional groups attached to an aromatic ring is 1. The van der Waals surface area contributed by atoms with E-state index in [4.69, 9.17) is 5.73 Å². The van der Waals surface area contributed by atoms with E-state index in [1.54, 1.807) is 6.33 Å². The van der Waals surface area contributed by atoms with E-state index in [1.165, 1.54) is 19.3 Å². The molecule has 2 N–H and O–H groups in total. The minimum atomic E-state index is 0.648. The second kappa shape index (κ2) is 4.17. The predicted molar refractivity (Wildman–Crippen MR) is 68.9 cm³/mol. The first-order valence-corrected chi connectivity index (χ1v) is 6.64. The van der Waals surface area contributed by atoms with Gasteiger partial charge in [0.1, 0.15) is 18.0 Å². The molecule has 4 heteroatoms. The van der Waals surface area contributed by atoms with Crippen molar-refractivity contribution < 1.29 is 0 Å². The van der Waals surface area contributed by atoms with Gasteiger partial charge in [-0.15, -0.1) is 0 Å². The average molecular weight is 232 g/mol. The van der Waals surface area contributed by atoms with Crippen molar-refractivity contribution in [3.05, 3.63) is 11.9 Å². The smallest absolute Gasteiger partial charge is 0.137 e. The molecule has 0 bridgehead atoms.